The Morgan fingerprint density at radius 2 is 2.06 bits per heavy atom. The van der Waals surface area contributed by atoms with E-state index in [9.17, 15) is 9.18 Å². The first kappa shape index (κ1) is 11.2. The van der Waals surface area contributed by atoms with E-state index in [4.69, 9.17) is 0 Å². The molecule has 5 heteroatoms. The quantitative estimate of drug-likeness (QED) is 0.799. The molecule has 2 aromatic rings. The molecule has 1 aromatic heterocycles. The number of nitrogens with zero attached hydrogens (tertiary/aromatic N) is 1. The molecule has 94 valence electrons. The van der Waals surface area contributed by atoms with Crippen LogP contribution in [0.15, 0.2) is 24.3 Å². The topological polar surface area (TPSA) is 48.1 Å². The van der Waals surface area contributed by atoms with E-state index in [1.165, 1.54) is 6.07 Å². The van der Waals surface area contributed by atoms with Gasteiger partial charge in [-0.3, -0.25) is 4.79 Å². The summed E-state index contributed by atoms with van der Waals surface area (Å²) >= 11 is 0. The molecular formula is C13H14FN3O. The summed E-state index contributed by atoms with van der Waals surface area (Å²) in [4.78, 5) is 17.0. The maximum atomic E-state index is 13.6. The van der Waals surface area contributed by atoms with Crippen molar-refractivity contribution in [1.82, 2.24) is 15.2 Å². The van der Waals surface area contributed by atoms with Gasteiger partial charge in [-0.05, 0) is 18.2 Å². The van der Waals surface area contributed by atoms with E-state index in [0.29, 0.717) is 29.7 Å². The number of aromatic amines is 1. The first-order valence-electron chi connectivity index (χ1n) is 6.03. The van der Waals surface area contributed by atoms with E-state index in [0.717, 1.165) is 13.1 Å². The molecule has 1 saturated heterocycles. The first-order chi connectivity index (χ1) is 8.75. The number of halogens is 1. The van der Waals surface area contributed by atoms with Gasteiger partial charge in [-0.2, -0.15) is 0 Å². The van der Waals surface area contributed by atoms with Crippen molar-refractivity contribution in [3.8, 4) is 0 Å². The van der Waals surface area contributed by atoms with E-state index >= 15 is 0 Å². The zero-order valence-electron chi connectivity index (χ0n) is 9.87. The SMILES string of the molecule is O=C(c1cc2c(F)cccc2[nH]1)N1CCNCC1. The Kier molecular flexibility index (Phi) is 2.76. The van der Waals surface area contributed by atoms with Crippen molar-refractivity contribution in [2.45, 2.75) is 0 Å². The van der Waals surface area contributed by atoms with Gasteiger partial charge in [0.15, 0.2) is 0 Å². The lowest BCUT2D eigenvalue weighted by atomic mass is 10.2. The molecule has 0 saturated carbocycles. The van der Waals surface area contributed by atoms with Gasteiger partial charge in [0.1, 0.15) is 11.5 Å². The summed E-state index contributed by atoms with van der Waals surface area (Å²) in [6.07, 6.45) is 0. The first-order valence-corrected chi connectivity index (χ1v) is 6.03. The van der Waals surface area contributed by atoms with Crippen LogP contribution in [-0.4, -0.2) is 42.0 Å². The third kappa shape index (κ3) is 1.86. The highest BCUT2D eigenvalue weighted by Crippen LogP contribution is 2.19. The van der Waals surface area contributed by atoms with Gasteiger partial charge < -0.3 is 15.2 Å². The Bertz CT molecular complexity index is 587. The van der Waals surface area contributed by atoms with Gasteiger partial charge >= 0.3 is 0 Å². The van der Waals surface area contributed by atoms with E-state index in [2.05, 4.69) is 10.3 Å². The highest BCUT2D eigenvalue weighted by atomic mass is 19.1. The minimum Gasteiger partial charge on any atom is -0.350 e. The van der Waals surface area contributed by atoms with E-state index in [1.807, 2.05) is 0 Å². The molecule has 2 N–H and O–H groups in total. The Hall–Kier alpha value is -1.88. The summed E-state index contributed by atoms with van der Waals surface area (Å²) < 4.78 is 13.6. The second-order valence-corrected chi connectivity index (χ2v) is 4.43. The summed E-state index contributed by atoms with van der Waals surface area (Å²) in [5, 5.41) is 3.66. The highest BCUT2D eigenvalue weighted by molar-refractivity contribution is 5.98. The monoisotopic (exact) mass is 247 g/mol. The fourth-order valence-corrected chi connectivity index (χ4v) is 2.27. The van der Waals surface area contributed by atoms with Gasteiger partial charge in [-0.25, -0.2) is 4.39 Å². The lowest BCUT2D eigenvalue weighted by Crippen LogP contribution is -2.46. The zero-order chi connectivity index (χ0) is 12.5. The molecule has 1 amide bonds. The number of aromatic nitrogens is 1. The normalized spacial score (nSPS) is 16.2. The Labute approximate surface area is 104 Å². The smallest absolute Gasteiger partial charge is 0.270 e. The molecule has 0 aliphatic carbocycles. The van der Waals surface area contributed by atoms with E-state index in [-0.39, 0.29) is 11.7 Å². The highest BCUT2D eigenvalue weighted by Gasteiger charge is 2.20. The van der Waals surface area contributed by atoms with Gasteiger partial charge in [-0.15, -0.1) is 0 Å². The van der Waals surface area contributed by atoms with Crippen LogP contribution in [0.3, 0.4) is 0 Å². The summed E-state index contributed by atoms with van der Waals surface area (Å²) in [5.74, 6) is -0.366. The predicted molar refractivity (Wildman–Crippen MR) is 67.0 cm³/mol. The zero-order valence-corrected chi connectivity index (χ0v) is 9.87. The van der Waals surface area contributed by atoms with Crippen molar-refractivity contribution in [3.63, 3.8) is 0 Å². The number of hydrogen-bond donors (Lipinski definition) is 2. The van der Waals surface area contributed by atoms with Crippen LogP contribution in [0.5, 0.6) is 0 Å². The maximum absolute atomic E-state index is 13.6. The molecule has 1 aliphatic heterocycles. The molecule has 4 nitrogen and oxygen atoms in total. The molecule has 18 heavy (non-hydrogen) atoms. The second-order valence-electron chi connectivity index (χ2n) is 4.43. The molecule has 1 aromatic carbocycles. The Morgan fingerprint density at radius 1 is 1.28 bits per heavy atom. The number of carbonyl (C=O) groups is 1. The van der Waals surface area contributed by atoms with Crippen LogP contribution >= 0.6 is 0 Å². The standard InChI is InChI=1S/C13H14FN3O/c14-10-2-1-3-11-9(10)8-12(16-11)13(18)17-6-4-15-5-7-17/h1-3,8,15-16H,4-7H2. The fraction of sp³-hybridized carbons (Fsp3) is 0.308. The molecule has 0 atom stereocenters. The molecule has 1 fully saturated rings. The number of rotatable bonds is 1. The van der Waals surface area contributed by atoms with Gasteiger partial charge in [0.25, 0.3) is 5.91 Å². The van der Waals surface area contributed by atoms with Gasteiger partial charge in [0.05, 0.1) is 0 Å². The number of benzene rings is 1. The van der Waals surface area contributed by atoms with Crippen LogP contribution in [0.1, 0.15) is 10.5 Å². The average molecular weight is 247 g/mol. The van der Waals surface area contributed by atoms with Crippen molar-refractivity contribution in [1.29, 1.82) is 0 Å². The molecule has 0 spiro atoms. The molecule has 0 radical (unpaired) electrons. The van der Waals surface area contributed by atoms with Crippen molar-refractivity contribution in [2.24, 2.45) is 0 Å². The number of hydrogen-bond acceptors (Lipinski definition) is 2. The van der Waals surface area contributed by atoms with Crippen LogP contribution in [0, 0.1) is 5.82 Å². The molecular weight excluding hydrogens is 233 g/mol. The third-order valence-corrected chi connectivity index (χ3v) is 3.25. The van der Waals surface area contributed by atoms with Crippen LogP contribution in [0.2, 0.25) is 0 Å². The van der Waals surface area contributed by atoms with Crippen LogP contribution in [0.4, 0.5) is 4.39 Å². The van der Waals surface area contributed by atoms with Crippen molar-refractivity contribution in [3.05, 3.63) is 35.8 Å². The molecule has 1 aliphatic rings. The van der Waals surface area contributed by atoms with Gasteiger partial charge in [0.2, 0.25) is 0 Å². The minimum absolute atomic E-state index is 0.0629. The van der Waals surface area contributed by atoms with Crippen molar-refractivity contribution < 1.29 is 9.18 Å². The lowest BCUT2D eigenvalue weighted by Gasteiger charge is -2.26. The number of fused-ring (bicyclic) bond motifs is 1. The number of piperazine rings is 1. The summed E-state index contributed by atoms with van der Waals surface area (Å²) in [7, 11) is 0. The van der Waals surface area contributed by atoms with E-state index < -0.39 is 0 Å². The van der Waals surface area contributed by atoms with Crippen LogP contribution < -0.4 is 5.32 Å². The molecule has 2 heterocycles. The minimum atomic E-state index is -0.303. The Morgan fingerprint density at radius 3 is 2.78 bits per heavy atom. The second kappa shape index (κ2) is 4.42. The van der Waals surface area contributed by atoms with E-state index in [1.54, 1.807) is 23.1 Å². The van der Waals surface area contributed by atoms with Gasteiger partial charge in [0, 0.05) is 37.1 Å². The third-order valence-electron chi connectivity index (χ3n) is 3.25. The largest absolute Gasteiger partial charge is 0.350 e. The fourth-order valence-electron chi connectivity index (χ4n) is 2.27. The number of nitrogens with one attached hydrogen (secondary N) is 2. The molecule has 0 unspecified atom stereocenters. The number of H-pyrrole nitrogens is 1. The predicted octanol–water partition coefficient (Wildman–Crippen LogP) is 1.35. The Balaban J connectivity index is 1.94. The number of amides is 1. The van der Waals surface area contributed by atoms with Gasteiger partial charge in [-0.1, -0.05) is 6.07 Å². The molecule has 0 bridgehead atoms. The van der Waals surface area contributed by atoms with Crippen LogP contribution in [0.25, 0.3) is 10.9 Å². The summed E-state index contributed by atoms with van der Waals surface area (Å²) in [6.45, 7) is 2.99. The van der Waals surface area contributed by atoms with Crippen LogP contribution in [-0.2, 0) is 0 Å². The van der Waals surface area contributed by atoms with Crippen molar-refractivity contribution >= 4 is 16.8 Å². The summed E-state index contributed by atoms with van der Waals surface area (Å²) in [6, 6.07) is 6.39. The number of carbonyl (C=O) groups excluding carboxylic acids is 1. The molecule has 3 rings (SSSR count). The summed E-state index contributed by atoms with van der Waals surface area (Å²) in [5.41, 5.74) is 1.12. The average Bonchev–Trinajstić information content (AvgIpc) is 2.84. The lowest BCUT2D eigenvalue weighted by molar-refractivity contribution is 0.0731. The maximum Gasteiger partial charge on any atom is 0.270 e. The van der Waals surface area contributed by atoms with Crippen molar-refractivity contribution in [2.75, 3.05) is 26.2 Å².